The average molecular weight is 241 g/mol. The number of anilines is 1. The van der Waals surface area contributed by atoms with Gasteiger partial charge in [0, 0.05) is 26.6 Å². The fourth-order valence-corrected chi connectivity index (χ4v) is 1.71. The third-order valence-corrected chi connectivity index (χ3v) is 2.50. The number of hydrogen-bond acceptors (Lipinski definition) is 5. The Labute approximate surface area is 101 Å². The lowest BCUT2D eigenvalue weighted by atomic mass is 10.3. The van der Waals surface area contributed by atoms with Crippen molar-refractivity contribution in [2.45, 2.75) is 19.9 Å². The zero-order valence-corrected chi connectivity index (χ0v) is 10.9. The summed E-state index contributed by atoms with van der Waals surface area (Å²) in [6.07, 6.45) is 0. The van der Waals surface area contributed by atoms with Crippen LogP contribution in [-0.2, 0) is 7.05 Å². The Morgan fingerprint density at radius 1 is 1.59 bits per heavy atom. The fraction of sp³-hybridized carbons (Fsp3) is 0.700. The van der Waals surface area contributed by atoms with Crippen molar-refractivity contribution >= 4 is 11.6 Å². The standard InChI is InChI=1S/C10H19N5O2/c1-7(6-13(3)4)11-9-10(15(16)17)12-8(2)14(9)5/h7,11H,6H2,1-5H3. The molecule has 0 fully saturated rings. The van der Waals surface area contributed by atoms with E-state index in [0.29, 0.717) is 11.6 Å². The third-order valence-electron chi connectivity index (χ3n) is 2.50. The van der Waals surface area contributed by atoms with Gasteiger partial charge in [-0.3, -0.25) is 4.57 Å². The van der Waals surface area contributed by atoms with Crippen molar-refractivity contribution in [3.05, 3.63) is 15.9 Å². The number of imidazole rings is 1. The predicted molar refractivity (Wildman–Crippen MR) is 66.2 cm³/mol. The highest BCUT2D eigenvalue weighted by molar-refractivity contribution is 5.54. The zero-order valence-electron chi connectivity index (χ0n) is 10.9. The molecule has 1 aromatic heterocycles. The minimum Gasteiger partial charge on any atom is -0.361 e. The molecule has 1 unspecified atom stereocenters. The third kappa shape index (κ3) is 3.16. The maximum atomic E-state index is 10.9. The Morgan fingerprint density at radius 2 is 2.18 bits per heavy atom. The van der Waals surface area contributed by atoms with Crippen LogP contribution >= 0.6 is 0 Å². The van der Waals surface area contributed by atoms with Crippen LogP contribution in [0.15, 0.2) is 0 Å². The number of nitrogens with one attached hydrogen (secondary N) is 1. The van der Waals surface area contributed by atoms with Crippen LogP contribution in [0, 0.1) is 17.0 Å². The molecule has 1 aromatic rings. The zero-order chi connectivity index (χ0) is 13.2. The van der Waals surface area contributed by atoms with Crippen molar-refractivity contribution in [2.24, 2.45) is 7.05 Å². The normalized spacial score (nSPS) is 12.8. The van der Waals surface area contributed by atoms with Gasteiger partial charge >= 0.3 is 5.82 Å². The van der Waals surface area contributed by atoms with Crippen LogP contribution in [0.4, 0.5) is 11.6 Å². The van der Waals surface area contributed by atoms with Crippen LogP contribution < -0.4 is 5.32 Å². The van der Waals surface area contributed by atoms with Crippen molar-refractivity contribution in [3.8, 4) is 0 Å². The quantitative estimate of drug-likeness (QED) is 0.614. The van der Waals surface area contributed by atoms with E-state index in [1.807, 2.05) is 25.9 Å². The molecule has 0 saturated heterocycles. The van der Waals surface area contributed by atoms with Crippen LogP contribution in [-0.4, -0.2) is 46.1 Å². The van der Waals surface area contributed by atoms with Crippen molar-refractivity contribution in [1.29, 1.82) is 0 Å². The van der Waals surface area contributed by atoms with Crippen LogP contribution in [0.3, 0.4) is 0 Å². The topological polar surface area (TPSA) is 76.2 Å². The Hall–Kier alpha value is -1.63. The molecule has 0 aromatic carbocycles. The van der Waals surface area contributed by atoms with E-state index in [9.17, 15) is 10.1 Å². The summed E-state index contributed by atoms with van der Waals surface area (Å²) in [6.45, 7) is 4.52. The van der Waals surface area contributed by atoms with Crippen molar-refractivity contribution in [2.75, 3.05) is 26.0 Å². The highest BCUT2D eigenvalue weighted by Crippen LogP contribution is 2.24. The molecule has 0 bridgehead atoms. The summed E-state index contributed by atoms with van der Waals surface area (Å²) in [5.41, 5.74) is 0. The minimum absolute atomic E-state index is 0.110. The second-order valence-corrected chi connectivity index (χ2v) is 4.45. The SMILES string of the molecule is Cc1nc([N+](=O)[O-])c(NC(C)CN(C)C)n1C. The Balaban J connectivity index is 2.93. The molecule has 0 aliphatic rings. The Morgan fingerprint density at radius 3 is 2.65 bits per heavy atom. The summed E-state index contributed by atoms with van der Waals surface area (Å²) < 4.78 is 1.70. The van der Waals surface area contributed by atoms with Crippen LogP contribution in [0.1, 0.15) is 12.7 Å². The molecule has 1 atom stereocenters. The maximum absolute atomic E-state index is 10.9. The van der Waals surface area contributed by atoms with Gasteiger partial charge in [0.2, 0.25) is 11.6 Å². The molecule has 0 amide bonds. The van der Waals surface area contributed by atoms with E-state index in [2.05, 4.69) is 10.3 Å². The molecule has 96 valence electrons. The first-order valence-corrected chi connectivity index (χ1v) is 5.42. The molecule has 0 radical (unpaired) electrons. The van der Waals surface area contributed by atoms with Crippen molar-refractivity contribution < 1.29 is 4.92 Å². The summed E-state index contributed by atoms with van der Waals surface area (Å²) in [7, 11) is 5.68. The number of rotatable bonds is 5. The maximum Gasteiger partial charge on any atom is 0.406 e. The minimum atomic E-state index is -0.461. The summed E-state index contributed by atoms with van der Waals surface area (Å²) in [5.74, 6) is 0.966. The number of hydrogen-bond donors (Lipinski definition) is 1. The average Bonchev–Trinajstić information content (AvgIpc) is 2.44. The van der Waals surface area contributed by atoms with E-state index in [1.165, 1.54) is 0 Å². The lowest BCUT2D eigenvalue weighted by molar-refractivity contribution is -0.388. The van der Waals surface area contributed by atoms with Gasteiger partial charge in [-0.1, -0.05) is 0 Å². The summed E-state index contributed by atoms with van der Waals surface area (Å²) in [6, 6.07) is 0.110. The van der Waals surface area contributed by atoms with E-state index >= 15 is 0 Å². The molecular formula is C10H19N5O2. The van der Waals surface area contributed by atoms with Gasteiger partial charge in [-0.15, -0.1) is 0 Å². The van der Waals surface area contributed by atoms with Crippen molar-refractivity contribution in [3.63, 3.8) is 0 Å². The smallest absolute Gasteiger partial charge is 0.361 e. The number of nitro groups is 1. The van der Waals surface area contributed by atoms with E-state index in [0.717, 1.165) is 6.54 Å². The molecule has 0 aliphatic heterocycles. The molecule has 0 aliphatic carbocycles. The summed E-state index contributed by atoms with van der Waals surface area (Å²) >= 11 is 0. The highest BCUT2D eigenvalue weighted by Gasteiger charge is 2.24. The van der Waals surface area contributed by atoms with Crippen LogP contribution in [0.2, 0.25) is 0 Å². The van der Waals surface area contributed by atoms with Gasteiger partial charge in [0.25, 0.3) is 0 Å². The van der Waals surface area contributed by atoms with Gasteiger partial charge in [-0.2, -0.15) is 0 Å². The van der Waals surface area contributed by atoms with Gasteiger partial charge in [-0.25, -0.2) is 0 Å². The van der Waals surface area contributed by atoms with E-state index in [4.69, 9.17) is 0 Å². The van der Waals surface area contributed by atoms with E-state index < -0.39 is 4.92 Å². The highest BCUT2D eigenvalue weighted by atomic mass is 16.6. The van der Waals surface area contributed by atoms with Crippen LogP contribution in [0.25, 0.3) is 0 Å². The molecular weight excluding hydrogens is 222 g/mol. The number of aromatic nitrogens is 2. The summed E-state index contributed by atoms with van der Waals surface area (Å²) in [5, 5.41) is 14.0. The van der Waals surface area contributed by atoms with Crippen LogP contribution in [0.5, 0.6) is 0 Å². The lowest BCUT2D eigenvalue weighted by Crippen LogP contribution is -2.30. The number of aryl methyl sites for hydroxylation is 1. The van der Waals surface area contributed by atoms with Gasteiger partial charge < -0.3 is 20.3 Å². The van der Waals surface area contributed by atoms with Gasteiger partial charge in [0.15, 0.2) is 0 Å². The first-order chi connectivity index (χ1) is 7.82. The van der Waals surface area contributed by atoms with Crippen molar-refractivity contribution in [1.82, 2.24) is 14.5 Å². The number of likely N-dealkylation sites (N-methyl/N-ethyl adjacent to an activating group) is 1. The Kier molecular flexibility index (Phi) is 4.06. The molecule has 7 heteroatoms. The van der Waals surface area contributed by atoms with Gasteiger partial charge in [0.1, 0.15) is 0 Å². The molecule has 17 heavy (non-hydrogen) atoms. The van der Waals surface area contributed by atoms with Gasteiger partial charge in [0.05, 0.1) is 0 Å². The second kappa shape index (κ2) is 5.13. The Bertz CT molecular complexity index is 413. The molecule has 1 heterocycles. The van der Waals surface area contributed by atoms with E-state index in [-0.39, 0.29) is 11.9 Å². The summed E-state index contributed by atoms with van der Waals surface area (Å²) in [4.78, 5) is 16.4. The lowest BCUT2D eigenvalue weighted by Gasteiger charge is -2.18. The monoisotopic (exact) mass is 241 g/mol. The largest absolute Gasteiger partial charge is 0.406 e. The molecule has 1 N–H and O–H groups in total. The molecule has 0 spiro atoms. The van der Waals surface area contributed by atoms with E-state index in [1.54, 1.807) is 18.5 Å². The predicted octanol–water partition coefficient (Wildman–Crippen LogP) is 0.999. The fourth-order valence-electron chi connectivity index (χ4n) is 1.71. The number of nitrogens with zero attached hydrogens (tertiary/aromatic N) is 4. The molecule has 1 rings (SSSR count). The molecule has 7 nitrogen and oxygen atoms in total. The molecule has 0 saturated carbocycles. The van der Waals surface area contributed by atoms with Gasteiger partial charge in [-0.05, 0) is 30.9 Å². The second-order valence-electron chi connectivity index (χ2n) is 4.45. The first-order valence-electron chi connectivity index (χ1n) is 5.42. The first kappa shape index (κ1) is 13.4.